The van der Waals surface area contributed by atoms with E-state index in [-0.39, 0.29) is 5.56 Å². The van der Waals surface area contributed by atoms with E-state index in [4.69, 9.17) is 0 Å². The molecule has 0 aliphatic carbocycles. The topological polar surface area (TPSA) is 12.0 Å². The van der Waals surface area contributed by atoms with E-state index in [1.165, 1.54) is 0 Å². The van der Waals surface area contributed by atoms with E-state index in [0.29, 0.717) is 18.7 Å². The molecule has 0 saturated heterocycles. The average molecular weight is 257 g/mol. The smallest absolute Gasteiger partial charge is 0.161 e. The van der Waals surface area contributed by atoms with Crippen LogP contribution in [-0.2, 0) is 0 Å². The van der Waals surface area contributed by atoms with E-state index in [1.54, 1.807) is 6.08 Å². The Morgan fingerprint density at radius 2 is 1.78 bits per heavy atom. The quantitative estimate of drug-likeness (QED) is 0.789. The highest BCUT2D eigenvalue weighted by molar-refractivity contribution is 5.54. The van der Waals surface area contributed by atoms with Gasteiger partial charge in [-0.05, 0) is 12.5 Å². The van der Waals surface area contributed by atoms with Crippen molar-refractivity contribution in [2.75, 3.05) is 6.54 Å². The first-order valence-corrected chi connectivity index (χ1v) is 6.01. The molecule has 0 aromatic heterocycles. The number of rotatable bonds is 5. The molecule has 1 N–H and O–H groups in total. The molecule has 0 fully saturated rings. The molecule has 0 saturated carbocycles. The molecule has 0 atom stereocenters. The van der Waals surface area contributed by atoms with Crippen LogP contribution >= 0.6 is 0 Å². The fraction of sp³-hybridized carbons (Fsp3) is 0.429. The van der Waals surface area contributed by atoms with Gasteiger partial charge in [0.2, 0.25) is 0 Å². The molecule has 0 bridgehead atoms. The molecule has 0 aliphatic rings. The van der Waals surface area contributed by atoms with E-state index in [2.05, 4.69) is 5.32 Å². The van der Waals surface area contributed by atoms with Crippen LogP contribution in [0.3, 0.4) is 0 Å². The van der Waals surface area contributed by atoms with Gasteiger partial charge in [0.1, 0.15) is 5.82 Å². The van der Waals surface area contributed by atoms with Gasteiger partial charge >= 0.3 is 0 Å². The molecule has 4 heteroatoms. The summed E-state index contributed by atoms with van der Waals surface area (Å²) in [5.74, 6) is -2.94. The Morgan fingerprint density at radius 3 is 2.33 bits per heavy atom. The number of halogens is 3. The maximum atomic E-state index is 13.5. The Labute approximate surface area is 106 Å². The molecule has 1 rings (SSSR count). The SMILES string of the molecule is CC/C(=C/c1cc(F)c(F)cc1F)CNC(C)C. The van der Waals surface area contributed by atoms with Crippen molar-refractivity contribution < 1.29 is 13.2 Å². The number of benzene rings is 1. The lowest BCUT2D eigenvalue weighted by atomic mass is 10.1. The first-order chi connectivity index (χ1) is 8.43. The number of hydrogen-bond acceptors (Lipinski definition) is 1. The van der Waals surface area contributed by atoms with E-state index in [0.717, 1.165) is 18.1 Å². The van der Waals surface area contributed by atoms with Gasteiger partial charge in [-0.15, -0.1) is 0 Å². The summed E-state index contributed by atoms with van der Waals surface area (Å²) in [6.07, 6.45) is 2.28. The number of hydrogen-bond donors (Lipinski definition) is 1. The average Bonchev–Trinajstić information content (AvgIpc) is 2.30. The molecule has 100 valence electrons. The van der Waals surface area contributed by atoms with Crippen molar-refractivity contribution in [2.24, 2.45) is 0 Å². The normalized spacial score (nSPS) is 12.3. The van der Waals surface area contributed by atoms with Crippen molar-refractivity contribution in [3.63, 3.8) is 0 Å². The van der Waals surface area contributed by atoms with Crippen molar-refractivity contribution in [3.05, 3.63) is 40.7 Å². The van der Waals surface area contributed by atoms with Crippen LogP contribution in [-0.4, -0.2) is 12.6 Å². The summed E-state index contributed by atoms with van der Waals surface area (Å²) in [7, 11) is 0. The molecule has 0 aliphatic heterocycles. The second-order valence-electron chi connectivity index (χ2n) is 4.48. The summed E-state index contributed by atoms with van der Waals surface area (Å²) < 4.78 is 39.3. The van der Waals surface area contributed by atoms with Crippen molar-refractivity contribution in [3.8, 4) is 0 Å². The largest absolute Gasteiger partial charge is 0.311 e. The van der Waals surface area contributed by atoms with Crippen LogP contribution in [0.2, 0.25) is 0 Å². The minimum Gasteiger partial charge on any atom is -0.311 e. The molecular weight excluding hydrogens is 239 g/mol. The predicted octanol–water partition coefficient (Wildman–Crippen LogP) is 3.90. The van der Waals surface area contributed by atoms with Gasteiger partial charge < -0.3 is 5.32 Å². The molecule has 0 unspecified atom stereocenters. The fourth-order valence-corrected chi connectivity index (χ4v) is 1.48. The van der Waals surface area contributed by atoms with Crippen LogP contribution in [0.4, 0.5) is 13.2 Å². The lowest BCUT2D eigenvalue weighted by Crippen LogP contribution is -2.24. The summed E-state index contributed by atoms with van der Waals surface area (Å²) in [6, 6.07) is 1.77. The lowest BCUT2D eigenvalue weighted by molar-refractivity contribution is 0.494. The molecule has 0 amide bonds. The summed E-state index contributed by atoms with van der Waals surface area (Å²) in [4.78, 5) is 0. The first kappa shape index (κ1) is 14.8. The van der Waals surface area contributed by atoms with E-state index in [1.807, 2.05) is 20.8 Å². The highest BCUT2D eigenvalue weighted by Crippen LogP contribution is 2.17. The van der Waals surface area contributed by atoms with E-state index < -0.39 is 17.5 Å². The van der Waals surface area contributed by atoms with Crippen molar-refractivity contribution in [2.45, 2.75) is 33.2 Å². The zero-order valence-corrected chi connectivity index (χ0v) is 10.9. The predicted molar refractivity (Wildman–Crippen MR) is 67.7 cm³/mol. The van der Waals surface area contributed by atoms with Gasteiger partial charge in [0, 0.05) is 24.2 Å². The Kier molecular flexibility index (Phi) is 5.41. The van der Waals surface area contributed by atoms with Gasteiger partial charge in [-0.25, -0.2) is 13.2 Å². The zero-order valence-electron chi connectivity index (χ0n) is 10.9. The Hall–Kier alpha value is -1.29. The van der Waals surface area contributed by atoms with Crippen LogP contribution in [0.15, 0.2) is 17.7 Å². The summed E-state index contributed by atoms with van der Waals surface area (Å²) >= 11 is 0. The molecule has 0 radical (unpaired) electrons. The highest BCUT2D eigenvalue weighted by Gasteiger charge is 2.08. The van der Waals surface area contributed by atoms with Crippen LogP contribution < -0.4 is 5.32 Å². The Bertz CT molecular complexity index is 439. The van der Waals surface area contributed by atoms with Gasteiger partial charge in [0.05, 0.1) is 0 Å². The molecule has 1 nitrogen and oxygen atoms in total. The second-order valence-corrected chi connectivity index (χ2v) is 4.48. The third-order valence-electron chi connectivity index (χ3n) is 2.59. The van der Waals surface area contributed by atoms with Crippen LogP contribution in [0, 0.1) is 17.5 Å². The van der Waals surface area contributed by atoms with E-state index >= 15 is 0 Å². The second kappa shape index (κ2) is 6.59. The Morgan fingerprint density at radius 1 is 1.17 bits per heavy atom. The van der Waals surface area contributed by atoms with Crippen LogP contribution in [0.1, 0.15) is 32.8 Å². The van der Waals surface area contributed by atoms with E-state index in [9.17, 15) is 13.2 Å². The van der Waals surface area contributed by atoms with Gasteiger partial charge in [0.15, 0.2) is 11.6 Å². The van der Waals surface area contributed by atoms with Crippen molar-refractivity contribution in [1.82, 2.24) is 5.32 Å². The van der Waals surface area contributed by atoms with Gasteiger partial charge in [0.25, 0.3) is 0 Å². The molecular formula is C14H18F3N. The van der Waals surface area contributed by atoms with Crippen LogP contribution in [0.5, 0.6) is 0 Å². The molecule has 0 spiro atoms. The minimum atomic E-state index is -1.16. The third-order valence-corrected chi connectivity index (χ3v) is 2.59. The molecule has 1 aromatic rings. The summed E-state index contributed by atoms with van der Waals surface area (Å²) in [6.45, 7) is 6.55. The Balaban J connectivity index is 2.94. The number of nitrogens with one attached hydrogen (secondary N) is 1. The molecule has 0 heterocycles. The van der Waals surface area contributed by atoms with Gasteiger partial charge in [-0.3, -0.25) is 0 Å². The van der Waals surface area contributed by atoms with Gasteiger partial charge in [-0.2, -0.15) is 0 Å². The minimum absolute atomic E-state index is 0.0799. The molecule has 1 aromatic carbocycles. The fourth-order valence-electron chi connectivity index (χ4n) is 1.48. The standard InChI is InChI=1S/C14H18F3N/c1-4-10(8-18-9(2)3)5-11-6-13(16)14(17)7-12(11)15/h5-7,9,18H,4,8H2,1-3H3/b10-5-. The first-order valence-electron chi connectivity index (χ1n) is 6.01. The third kappa shape index (κ3) is 4.18. The lowest BCUT2D eigenvalue weighted by Gasteiger charge is -2.10. The maximum absolute atomic E-state index is 13.5. The van der Waals surface area contributed by atoms with Crippen LogP contribution in [0.25, 0.3) is 6.08 Å². The van der Waals surface area contributed by atoms with Crippen molar-refractivity contribution in [1.29, 1.82) is 0 Å². The maximum Gasteiger partial charge on any atom is 0.161 e. The summed E-state index contributed by atoms with van der Waals surface area (Å²) in [5.41, 5.74) is 1.02. The van der Waals surface area contributed by atoms with Crippen molar-refractivity contribution >= 4 is 6.08 Å². The monoisotopic (exact) mass is 257 g/mol. The van der Waals surface area contributed by atoms with Gasteiger partial charge in [-0.1, -0.05) is 32.4 Å². The summed E-state index contributed by atoms with van der Waals surface area (Å²) in [5, 5.41) is 3.20. The highest BCUT2D eigenvalue weighted by atomic mass is 19.2. The molecule has 18 heavy (non-hydrogen) atoms. The zero-order chi connectivity index (χ0) is 13.7.